The lowest BCUT2D eigenvalue weighted by molar-refractivity contribution is 0.167. The Hall–Kier alpha value is -0.590. The van der Waals surface area contributed by atoms with Gasteiger partial charge in [0.2, 0.25) is 0 Å². The standard InChI is InChI=1S/C13H18BrNO3S/c1-19(2,16)15-11-3-4-13(12(14)7-11)18-9-10-5-6-17-8-10/h3-4,7,10H,5-6,8-9H2,1-2H3. The molecule has 1 aliphatic heterocycles. The van der Waals surface area contributed by atoms with Crippen LogP contribution in [0, 0.1) is 5.92 Å². The van der Waals surface area contributed by atoms with Gasteiger partial charge in [-0.2, -0.15) is 4.36 Å². The minimum absolute atomic E-state index is 0.473. The maximum atomic E-state index is 11.6. The smallest absolute Gasteiger partial charge is 0.133 e. The van der Waals surface area contributed by atoms with E-state index >= 15 is 0 Å². The highest BCUT2D eigenvalue weighted by molar-refractivity contribution is 9.10. The highest BCUT2D eigenvalue weighted by atomic mass is 79.9. The third-order valence-corrected chi connectivity index (χ3v) is 4.01. The van der Waals surface area contributed by atoms with Crippen molar-refractivity contribution in [2.75, 3.05) is 32.3 Å². The maximum absolute atomic E-state index is 11.6. The first-order chi connectivity index (χ1) is 8.94. The first kappa shape index (κ1) is 14.8. The topological polar surface area (TPSA) is 47.9 Å². The third-order valence-electron chi connectivity index (χ3n) is 2.74. The van der Waals surface area contributed by atoms with E-state index in [-0.39, 0.29) is 0 Å². The minimum atomic E-state index is -2.14. The molecule has 1 unspecified atom stereocenters. The second-order valence-corrected chi connectivity index (χ2v) is 8.33. The molecule has 4 nitrogen and oxygen atoms in total. The van der Waals surface area contributed by atoms with E-state index < -0.39 is 9.73 Å². The number of benzene rings is 1. The van der Waals surface area contributed by atoms with Crippen molar-refractivity contribution in [3.8, 4) is 5.75 Å². The number of nitrogens with zero attached hydrogens (tertiary/aromatic N) is 1. The van der Waals surface area contributed by atoms with Crippen LogP contribution in [0.4, 0.5) is 5.69 Å². The second kappa shape index (κ2) is 6.24. The highest BCUT2D eigenvalue weighted by Gasteiger charge is 2.16. The number of ether oxygens (including phenoxy) is 2. The molecule has 1 atom stereocenters. The summed E-state index contributed by atoms with van der Waals surface area (Å²) in [5.41, 5.74) is 0.693. The Bertz CT molecular complexity index is 553. The summed E-state index contributed by atoms with van der Waals surface area (Å²) < 4.78 is 27.7. The van der Waals surface area contributed by atoms with Crippen molar-refractivity contribution >= 4 is 31.3 Å². The van der Waals surface area contributed by atoms with Crippen molar-refractivity contribution < 1.29 is 13.7 Å². The van der Waals surface area contributed by atoms with Gasteiger partial charge in [0, 0.05) is 34.8 Å². The Morgan fingerprint density at radius 1 is 1.53 bits per heavy atom. The molecule has 1 aromatic rings. The summed E-state index contributed by atoms with van der Waals surface area (Å²) in [5.74, 6) is 1.26. The van der Waals surface area contributed by atoms with Gasteiger partial charge < -0.3 is 9.47 Å². The highest BCUT2D eigenvalue weighted by Crippen LogP contribution is 2.30. The molecule has 0 aromatic heterocycles. The Morgan fingerprint density at radius 2 is 2.32 bits per heavy atom. The van der Waals surface area contributed by atoms with Gasteiger partial charge in [-0.15, -0.1) is 0 Å². The fraction of sp³-hybridized carbons (Fsp3) is 0.538. The van der Waals surface area contributed by atoms with Crippen LogP contribution in [0.3, 0.4) is 0 Å². The van der Waals surface area contributed by atoms with Gasteiger partial charge in [0.15, 0.2) is 0 Å². The molecule has 1 fully saturated rings. The number of rotatable bonds is 4. The quantitative estimate of drug-likeness (QED) is 0.839. The molecule has 0 amide bonds. The minimum Gasteiger partial charge on any atom is -0.492 e. The zero-order chi connectivity index (χ0) is 13.9. The summed E-state index contributed by atoms with van der Waals surface area (Å²) >= 11 is 3.46. The molecule has 0 spiro atoms. The van der Waals surface area contributed by atoms with E-state index in [4.69, 9.17) is 9.47 Å². The number of hydrogen-bond donors (Lipinski definition) is 0. The van der Waals surface area contributed by atoms with Gasteiger partial charge in [-0.25, -0.2) is 4.21 Å². The molecule has 0 saturated carbocycles. The fourth-order valence-corrected chi connectivity index (χ4v) is 2.94. The predicted molar refractivity (Wildman–Crippen MR) is 80.6 cm³/mol. The first-order valence-electron chi connectivity index (χ1n) is 6.11. The largest absolute Gasteiger partial charge is 0.492 e. The van der Waals surface area contributed by atoms with E-state index in [0.717, 1.165) is 29.9 Å². The van der Waals surface area contributed by atoms with Crippen molar-refractivity contribution in [2.24, 2.45) is 10.3 Å². The normalized spacial score (nSPS) is 19.4. The van der Waals surface area contributed by atoms with Crippen molar-refractivity contribution in [1.29, 1.82) is 0 Å². The van der Waals surface area contributed by atoms with Crippen molar-refractivity contribution in [2.45, 2.75) is 6.42 Å². The van der Waals surface area contributed by atoms with Crippen LogP contribution in [0.1, 0.15) is 6.42 Å². The first-order valence-corrected chi connectivity index (χ1v) is 9.24. The molecule has 1 saturated heterocycles. The zero-order valence-electron chi connectivity index (χ0n) is 11.1. The van der Waals surface area contributed by atoms with Crippen LogP contribution >= 0.6 is 15.9 Å². The molecule has 0 aliphatic carbocycles. The summed E-state index contributed by atoms with van der Waals surface area (Å²) in [6.45, 7) is 2.26. The number of hydrogen-bond acceptors (Lipinski definition) is 4. The third kappa shape index (κ3) is 4.78. The van der Waals surface area contributed by atoms with Gasteiger partial charge in [-0.3, -0.25) is 0 Å². The summed E-state index contributed by atoms with van der Waals surface area (Å²) in [5, 5.41) is 0. The van der Waals surface area contributed by atoms with Crippen molar-refractivity contribution in [3.63, 3.8) is 0 Å². The van der Waals surface area contributed by atoms with E-state index in [9.17, 15) is 4.21 Å². The molecule has 106 valence electrons. The van der Waals surface area contributed by atoms with Gasteiger partial charge >= 0.3 is 0 Å². The predicted octanol–water partition coefficient (Wildman–Crippen LogP) is 3.22. The van der Waals surface area contributed by atoms with Gasteiger partial charge in [-0.1, -0.05) is 0 Å². The SMILES string of the molecule is CS(C)(=O)=Nc1ccc(OCC2CCOC2)c(Br)c1. The molecule has 19 heavy (non-hydrogen) atoms. The summed E-state index contributed by atoms with van der Waals surface area (Å²) in [6, 6.07) is 5.49. The Labute approximate surface area is 122 Å². The summed E-state index contributed by atoms with van der Waals surface area (Å²) in [6.07, 6.45) is 4.29. The molecular weight excluding hydrogens is 330 g/mol. The average molecular weight is 348 g/mol. The summed E-state index contributed by atoms with van der Waals surface area (Å²) in [4.78, 5) is 0. The molecule has 0 bridgehead atoms. The van der Waals surface area contributed by atoms with Crippen LogP contribution in [0.25, 0.3) is 0 Å². The van der Waals surface area contributed by atoms with Crippen LogP contribution in [-0.2, 0) is 14.5 Å². The van der Waals surface area contributed by atoms with Crippen LogP contribution in [0.2, 0.25) is 0 Å². The van der Waals surface area contributed by atoms with E-state index in [2.05, 4.69) is 20.3 Å². The molecule has 1 aromatic carbocycles. The lowest BCUT2D eigenvalue weighted by Gasteiger charge is -2.12. The average Bonchev–Trinajstić information content (AvgIpc) is 2.78. The molecule has 0 N–H and O–H groups in total. The maximum Gasteiger partial charge on any atom is 0.133 e. The van der Waals surface area contributed by atoms with Crippen LogP contribution in [-0.4, -0.2) is 36.5 Å². The fourth-order valence-electron chi connectivity index (χ4n) is 1.84. The Morgan fingerprint density at radius 3 is 2.89 bits per heavy atom. The van der Waals surface area contributed by atoms with E-state index in [1.165, 1.54) is 0 Å². The van der Waals surface area contributed by atoms with Gasteiger partial charge in [0.25, 0.3) is 0 Å². The zero-order valence-corrected chi connectivity index (χ0v) is 13.5. The molecule has 1 aliphatic rings. The molecule has 1 heterocycles. The Kier molecular flexibility index (Phi) is 4.86. The van der Waals surface area contributed by atoms with E-state index in [0.29, 0.717) is 18.2 Å². The Balaban J connectivity index is 2.04. The van der Waals surface area contributed by atoms with Gasteiger partial charge in [0.05, 0.1) is 23.4 Å². The lowest BCUT2D eigenvalue weighted by Crippen LogP contribution is -2.11. The molecule has 2 rings (SSSR count). The second-order valence-electron chi connectivity index (χ2n) is 4.93. The number of halogens is 1. The van der Waals surface area contributed by atoms with Crippen LogP contribution < -0.4 is 4.74 Å². The van der Waals surface area contributed by atoms with E-state index in [1.807, 2.05) is 18.2 Å². The van der Waals surface area contributed by atoms with Crippen molar-refractivity contribution in [1.82, 2.24) is 0 Å². The van der Waals surface area contributed by atoms with Crippen LogP contribution in [0.15, 0.2) is 27.0 Å². The van der Waals surface area contributed by atoms with Crippen molar-refractivity contribution in [3.05, 3.63) is 22.7 Å². The molecule has 0 radical (unpaired) electrons. The van der Waals surface area contributed by atoms with E-state index in [1.54, 1.807) is 12.5 Å². The molecular formula is C13H18BrNO3S. The van der Waals surface area contributed by atoms with Crippen LogP contribution in [0.5, 0.6) is 5.75 Å². The van der Waals surface area contributed by atoms with Gasteiger partial charge in [0.1, 0.15) is 5.75 Å². The van der Waals surface area contributed by atoms with Gasteiger partial charge in [-0.05, 0) is 40.5 Å². The monoisotopic (exact) mass is 347 g/mol. The lowest BCUT2D eigenvalue weighted by atomic mass is 10.1. The molecule has 6 heteroatoms. The summed E-state index contributed by atoms with van der Waals surface area (Å²) in [7, 11) is -2.14.